The second kappa shape index (κ2) is 5.38. The number of sulfonamides is 1. The molecule has 5 nitrogen and oxygen atoms in total. The number of aryl methyl sites for hydroxylation is 1. The van der Waals surface area contributed by atoms with Gasteiger partial charge < -0.3 is 5.73 Å². The third kappa shape index (κ3) is 3.10. The number of benzene rings is 1. The van der Waals surface area contributed by atoms with Crippen LogP contribution in [0.2, 0.25) is 0 Å². The first-order chi connectivity index (χ1) is 9.03. The summed E-state index contributed by atoms with van der Waals surface area (Å²) in [6, 6.07) is 8.20. The molecule has 1 aromatic heterocycles. The standard InChI is InChI=1S/C13H15N3O2S/c1-10-7-13(5-4-11(10)8-14)19(17,18)16-12-3-2-6-15-9-12/h2-7,9,16H,8,14H2,1H3. The molecule has 100 valence electrons. The second-order valence-corrected chi connectivity index (χ2v) is 5.82. The quantitative estimate of drug-likeness (QED) is 0.889. The Kier molecular flexibility index (Phi) is 3.82. The maximum Gasteiger partial charge on any atom is 0.261 e. The smallest absolute Gasteiger partial charge is 0.261 e. The summed E-state index contributed by atoms with van der Waals surface area (Å²) in [7, 11) is -3.59. The molecule has 0 amide bonds. The lowest BCUT2D eigenvalue weighted by molar-refractivity contribution is 0.601. The van der Waals surface area contributed by atoms with Crippen LogP contribution in [-0.4, -0.2) is 13.4 Å². The monoisotopic (exact) mass is 277 g/mol. The predicted octanol–water partition coefficient (Wildman–Crippen LogP) is 1.65. The Morgan fingerprint density at radius 1 is 1.32 bits per heavy atom. The zero-order valence-electron chi connectivity index (χ0n) is 10.5. The van der Waals surface area contributed by atoms with Gasteiger partial charge in [-0.15, -0.1) is 0 Å². The maximum atomic E-state index is 12.2. The summed E-state index contributed by atoms with van der Waals surface area (Å²) in [6.07, 6.45) is 3.04. The number of pyridine rings is 1. The molecule has 0 spiro atoms. The molecule has 0 aliphatic carbocycles. The average molecular weight is 277 g/mol. The Morgan fingerprint density at radius 3 is 2.68 bits per heavy atom. The first-order valence-electron chi connectivity index (χ1n) is 5.75. The van der Waals surface area contributed by atoms with Crippen LogP contribution in [0.3, 0.4) is 0 Å². The van der Waals surface area contributed by atoms with Crippen molar-refractivity contribution in [2.24, 2.45) is 5.73 Å². The van der Waals surface area contributed by atoms with Crippen molar-refractivity contribution >= 4 is 15.7 Å². The summed E-state index contributed by atoms with van der Waals surface area (Å²) in [6.45, 7) is 2.23. The normalized spacial score (nSPS) is 11.3. The molecule has 2 aromatic rings. The topological polar surface area (TPSA) is 85.1 Å². The highest BCUT2D eigenvalue weighted by Crippen LogP contribution is 2.18. The van der Waals surface area contributed by atoms with Crippen molar-refractivity contribution < 1.29 is 8.42 Å². The fraction of sp³-hybridized carbons (Fsp3) is 0.154. The highest BCUT2D eigenvalue weighted by molar-refractivity contribution is 7.92. The van der Waals surface area contributed by atoms with Crippen molar-refractivity contribution in [3.05, 3.63) is 53.9 Å². The molecule has 0 fully saturated rings. The number of anilines is 1. The van der Waals surface area contributed by atoms with E-state index in [0.717, 1.165) is 11.1 Å². The molecule has 1 aromatic carbocycles. The van der Waals surface area contributed by atoms with Crippen molar-refractivity contribution in [2.45, 2.75) is 18.4 Å². The Balaban J connectivity index is 2.32. The number of nitrogens with zero attached hydrogens (tertiary/aromatic N) is 1. The summed E-state index contributed by atoms with van der Waals surface area (Å²) in [5.74, 6) is 0. The van der Waals surface area contributed by atoms with Crippen molar-refractivity contribution in [2.75, 3.05) is 4.72 Å². The van der Waals surface area contributed by atoms with Gasteiger partial charge in [-0.3, -0.25) is 9.71 Å². The van der Waals surface area contributed by atoms with E-state index < -0.39 is 10.0 Å². The van der Waals surface area contributed by atoms with Crippen LogP contribution < -0.4 is 10.5 Å². The fourth-order valence-corrected chi connectivity index (χ4v) is 2.83. The van der Waals surface area contributed by atoms with Crippen LogP contribution in [0, 0.1) is 6.92 Å². The van der Waals surface area contributed by atoms with Gasteiger partial charge in [0.05, 0.1) is 16.8 Å². The van der Waals surface area contributed by atoms with Gasteiger partial charge in [-0.25, -0.2) is 8.42 Å². The summed E-state index contributed by atoms with van der Waals surface area (Å²) in [5, 5.41) is 0. The van der Waals surface area contributed by atoms with E-state index in [2.05, 4.69) is 9.71 Å². The summed E-state index contributed by atoms with van der Waals surface area (Å²) >= 11 is 0. The molecule has 0 unspecified atom stereocenters. The van der Waals surface area contributed by atoms with Gasteiger partial charge in [-0.1, -0.05) is 6.07 Å². The fourth-order valence-electron chi connectivity index (χ4n) is 1.70. The highest BCUT2D eigenvalue weighted by Gasteiger charge is 2.15. The van der Waals surface area contributed by atoms with Crippen molar-refractivity contribution in [3.63, 3.8) is 0 Å². The van der Waals surface area contributed by atoms with E-state index in [1.54, 1.807) is 36.5 Å². The molecule has 6 heteroatoms. The third-order valence-corrected chi connectivity index (χ3v) is 4.14. The van der Waals surface area contributed by atoms with Crippen LogP contribution in [0.1, 0.15) is 11.1 Å². The van der Waals surface area contributed by atoms with Crippen LogP contribution >= 0.6 is 0 Å². The van der Waals surface area contributed by atoms with Gasteiger partial charge in [-0.2, -0.15) is 0 Å². The van der Waals surface area contributed by atoms with Gasteiger partial charge in [-0.05, 0) is 42.3 Å². The van der Waals surface area contributed by atoms with Gasteiger partial charge in [0.25, 0.3) is 10.0 Å². The molecule has 1 heterocycles. The van der Waals surface area contributed by atoms with Gasteiger partial charge in [0.2, 0.25) is 0 Å². The Bertz CT molecular complexity index is 670. The molecule has 0 saturated carbocycles. The Labute approximate surface area is 112 Å². The van der Waals surface area contributed by atoms with E-state index in [-0.39, 0.29) is 4.90 Å². The van der Waals surface area contributed by atoms with Crippen LogP contribution in [0.15, 0.2) is 47.6 Å². The molecule has 0 aliphatic rings. The first kappa shape index (κ1) is 13.5. The highest BCUT2D eigenvalue weighted by atomic mass is 32.2. The van der Waals surface area contributed by atoms with E-state index in [9.17, 15) is 8.42 Å². The third-order valence-electron chi connectivity index (χ3n) is 2.76. The van der Waals surface area contributed by atoms with Crippen LogP contribution in [-0.2, 0) is 16.6 Å². The van der Waals surface area contributed by atoms with Crippen molar-refractivity contribution in [1.82, 2.24) is 4.98 Å². The van der Waals surface area contributed by atoms with Crippen LogP contribution in [0.25, 0.3) is 0 Å². The lowest BCUT2D eigenvalue weighted by atomic mass is 10.1. The molecule has 3 N–H and O–H groups in total. The minimum Gasteiger partial charge on any atom is -0.326 e. The lowest BCUT2D eigenvalue weighted by Gasteiger charge is -2.10. The number of nitrogens with two attached hydrogens (primary N) is 1. The van der Waals surface area contributed by atoms with Gasteiger partial charge in [0.1, 0.15) is 0 Å². The second-order valence-electron chi connectivity index (χ2n) is 4.14. The first-order valence-corrected chi connectivity index (χ1v) is 7.23. The number of nitrogens with one attached hydrogen (secondary N) is 1. The van der Waals surface area contributed by atoms with Gasteiger partial charge >= 0.3 is 0 Å². The average Bonchev–Trinajstić information content (AvgIpc) is 2.39. The molecular weight excluding hydrogens is 262 g/mol. The van der Waals surface area contributed by atoms with E-state index in [1.807, 2.05) is 6.92 Å². The summed E-state index contributed by atoms with van der Waals surface area (Å²) in [4.78, 5) is 4.08. The van der Waals surface area contributed by atoms with Crippen LogP contribution in [0.4, 0.5) is 5.69 Å². The number of hydrogen-bond acceptors (Lipinski definition) is 4. The molecule has 0 bridgehead atoms. The largest absolute Gasteiger partial charge is 0.326 e. The summed E-state index contributed by atoms with van der Waals surface area (Å²) < 4.78 is 26.8. The van der Waals surface area contributed by atoms with E-state index >= 15 is 0 Å². The van der Waals surface area contributed by atoms with E-state index in [4.69, 9.17) is 5.73 Å². The summed E-state index contributed by atoms with van der Waals surface area (Å²) in [5.41, 5.74) is 7.78. The molecule has 0 atom stereocenters. The molecule has 0 radical (unpaired) electrons. The van der Waals surface area contributed by atoms with Gasteiger partial charge in [0, 0.05) is 12.7 Å². The molecule has 0 saturated heterocycles. The minimum atomic E-state index is -3.59. The zero-order valence-corrected chi connectivity index (χ0v) is 11.3. The number of hydrogen-bond donors (Lipinski definition) is 2. The van der Waals surface area contributed by atoms with Gasteiger partial charge in [0.15, 0.2) is 0 Å². The maximum absolute atomic E-state index is 12.2. The molecule has 2 rings (SSSR count). The zero-order chi connectivity index (χ0) is 13.9. The Hall–Kier alpha value is -1.92. The SMILES string of the molecule is Cc1cc(S(=O)(=O)Nc2cccnc2)ccc1CN. The predicted molar refractivity (Wildman–Crippen MR) is 74.1 cm³/mol. The number of aromatic nitrogens is 1. The van der Waals surface area contributed by atoms with E-state index in [0.29, 0.717) is 12.2 Å². The van der Waals surface area contributed by atoms with Crippen molar-refractivity contribution in [1.29, 1.82) is 0 Å². The van der Waals surface area contributed by atoms with E-state index in [1.165, 1.54) is 6.20 Å². The van der Waals surface area contributed by atoms with Crippen LogP contribution in [0.5, 0.6) is 0 Å². The molecular formula is C13H15N3O2S. The number of rotatable bonds is 4. The molecule has 19 heavy (non-hydrogen) atoms. The molecule has 0 aliphatic heterocycles. The Morgan fingerprint density at radius 2 is 2.11 bits per heavy atom. The lowest BCUT2D eigenvalue weighted by Crippen LogP contribution is -2.13. The minimum absolute atomic E-state index is 0.214. The van der Waals surface area contributed by atoms with Crippen molar-refractivity contribution in [3.8, 4) is 0 Å².